The number of aryl methyl sites for hydroxylation is 1. The van der Waals surface area contributed by atoms with Gasteiger partial charge in [0.15, 0.2) is 24.8 Å². The lowest BCUT2D eigenvalue weighted by atomic mass is 10.2. The number of carbonyl (C=O) groups excluding carboxylic acids is 1. The maximum absolute atomic E-state index is 10.9. The van der Waals surface area contributed by atoms with Crippen LogP contribution in [-0.2, 0) is 7.05 Å². The molecule has 0 aromatic carbocycles. The SMILES string of the molecule is C[n+]1ccc(C(=O)[O-])c(-c2ncccn2)n1. The fourth-order valence-corrected chi connectivity index (χ4v) is 1.26. The summed E-state index contributed by atoms with van der Waals surface area (Å²) in [4.78, 5) is 18.8. The molecule has 0 amide bonds. The molecule has 0 aliphatic rings. The zero-order valence-corrected chi connectivity index (χ0v) is 8.49. The highest BCUT2D eigenvalue weighted by Crippen LogP contribution is 2.13. The quantitative estimate of drug-likeness (QED) is 0.584. The van der Waals surface area contributed by atoms with Crippen LogP contribution in [0.1, 0.15) is 10.4 Å². The van der Waals surface area contributed by atoms with E-state index in [0.29, 0.717) is 0 Å². The second-order valence-corrected chi connectivity index (χ2v) is 3.11. The number of aromatic nitrogens is 4. The summed E-state index contributed by atoms with van der Waals surface area (Å²) in [6, 6.07) is 3.05. The van der Waals surface area contributed by atoms with Crippen LogP contribution in [0, 0.1) is 0 Å². The second kappa shape index (κ2) is 4.01. The number of nitrogens with zero attached hydrogens (tertiary/aromatic N) is 4. The molecule has 0 radical (unpaired) electrons. The first-order chi connectivity index (χ1) is 7.68. The largest absolute Gasteiger partial charge is 0.545 e. The van der Waals surface area contributed by atoms with E-state index in [0.717, 1.165) is 0 Å². The van der Waals surface area contributed by atoms with E-state index in [1.54, 1.807) is 13.1 Å². The van der Waals surface area contributed by atoms with Crippen LogP contribution < -0.4 is 9.79 Å². The number of hydrogen-bond donors (Lipinski definition) is 0. The molecule has 2 aromatic rings. The Morgan fingerprint density at radius 3 is 2.69 bits per heavy atom. The molecule has 0 unspecified atom stereocenters. The molecule has 6 nitrogen and oxygen atoms in total. The monoisotopic (exact) mass is 216 g/mol. The Bertz CT molecular complexity index is 528. The smallest absolute Gasteiger partial charge is 0.196 e. The van der Waals surface area contributed by atoms with Gasteiger partial charge >= 0.3 is 0 Å². The third-order valence-electron chi connectivity index (χ3n) is 1.97. The summed E-state index contributed by atoms with van der Waals surface area (Å²) in [6.45, 7) is 0. The van der Waals surface area contributed by atoms with Crippen LogP contribution in [0.15, 0.2) is 30.7 Å². The number of carboxylic acid groups (broad SMARTS) is 1. The number of aromatic carboxylic acids is 1. The van der Waals surface area contributed by atoms with E-state index in [2.05, 4.69) is 15.1 Å². The van der Waals surface area contributed by atoms with Crippen molar-refractivity contribution in [1.82, 2.24) is 15.1 Å². The van der Waals surface area contributed by atoms with Gasteiger partial charge in [0, 0.05) is 29.1 Å². The van der Waals surface area contributed by atoms with Gasteiger partial charge in [0.25, 0.3) is 0 Å². The average Bonchev–Trinajstić information content (AvgIpc) is 2.29. The van der Waals surface area contributed by atoms with E-state index in [-0.39, 0.29) is 17.1 Å². The van der Waals surface area contributed by atoms with E-state index in [1.165, 1.54) is 29.3 Å². The van der Waals surface area contributed by atoms with Crippen molar-refractivity contribution in [3.63, 3.8) is 0 Å². The highest BCUT2D eigenvalue weighted by Gasteiger charge is 2.14. The van der Waals surface area contributed by atoms with Gasteiger partial charge in [-0.2, -0.15) is 0 Å². The molecule has 0 saturated carbocycles. The van der Waals surface area contributed by atoms with Crippen molar-refractivity contribution in [3.05, 3.63) is 36.3 Å². The van der Waals surface area contributed by atoms with E-state index in [1.807, 2.05) is 0 Å². The van der Waals surface area contributed by atoms with Gasteiger partial charge in [0.1, 0.15) is 0 Å². The Labute approximate surface area is 91.2 Å². The molecule has 0 bridgehead atoms. The van der Waals surface area contributed by atoms with Crippen LogP contribution in [0.2, 0.25) is 0 Å². The van der Waals surface area contributed by atoms with Crippen LogP contribution in [0.25, 0.3) is 11.5 Å². The van der Waals surface area contributed by atoms with Crippen LogP contribution in [-0.4, -0.2) is 21.0 Å². The van der Waals surface area contributed by atoms with Crippen molar-refractivity contribution in [1.29, 1.82) is 0 Å². The molecule has 16 heavy (non-hydrogen) atoms. The molecule has 0 N–H and O–H groups in total. The van der Waals surface area contributed by atoms with Crippen molar-refractivity contribution in [2.45, 2.75) is 0 Å². The Kier molecular flexibility index (Phi) is 2.55. The molecular formula is C10H8N4O2. The topological polar surface area (TPSA) is 82.7 Å². The lowest BCUT2D eigenvalue weighted by molar-refractivity contribution is -0.730. The van der Waals surface area contributed by atoms with Crippen LogP contribution >= 0.6 is 0 Å². The molecule has 0 atom stereocenters. The summed E-state index contributed by atoms with van der Waals surface area (Å²) < 4.78 is 1.48. The molecule has 6 heteroatoms. The zero-order valence-electron chi connectivity index (χ0n) is 8.49. The van der Waals surface area contributed by atoms with Crippen molar-refractivity contribution in [3.8, 4) is 11.5 Å². The minimum atomic E-state index is -1.30. The summed E-state index contributed by atoms with van der Waals surface area (Å²) in [5.74, 6) is -1.03. The molecule has 0 aliphatic carbocycles. The maximum Gasteiger partial charge on any atom is 0.196 e. The van der Waals surface area contributed by atoms with Gasteiger partial charge in [0.2, 0.25) is 0 Å². The van der Waals surface area contributed by atoms with Crippen LogP contribution in [0.3, 0.4) is 0 Å². The minimum Gasteiger partial charge on any atom is -0.545 e. The standard InChI is InChI=1S/C10H8N4O2/c1-14-6-3-7(10(15)16)8(13-14)9-11-4-2-5-12-9/h2-6H,1H3. The summed E-state index contributed by atoms with van der Waals surface area (Å²) in [5.41, 5.74) is 0.176. The highest BCUT2D eigenvalue weighted by molar-refractivity contribution is 5.91. The lowest BCUT2D eigenvalue weighted by Crippen LogP contribution is -2.35. The van der Waals surface area contributed by atoms with E-state index >= 15 is 0 Å². The molecule has 2 heterocycles. The number of carbonyl (C=O) groups is 1. The first-order valence-electron chi connectivity index (χ1n) is 4.54. The first-order valence-corrected chi connectivity index (χ1v) is 4.54. The highest BCUT2D eigenvalue weighted by atomic mass is 16.4. The molecule has 0 fully saturated rings. The predicted octanol–water partition coefficient (Wildman–Crippen LogP) is -1.27. The minimum absolute atomic E-state index is 0.0238. The van der Waals surface area contributed by atoms with E-state index in [9.17, 15) is 9.90 Å². The summed E-state index contributed by atoms with van der Waals surface area (Å²) >= 11 is 0. The van der Waals surface area contributed by atoms with Crippen LogP contribution in [0.5, 0.6) is 0 Å². The Hall–Kier alpha value is -2.37. The molecule has 0 aliphatic heterocycles. The maximum atomic E-state index is 10.9. The lowest BCUT2D eigenvalue weighted by Gasteiger charge is -2.04. The third-order valence-corrected chi connectivity index (χ3v) is 1.97. The van der Waals surface area contributed by atoms with Crippen molar-refractivity contribution in [2.75, 3.05) is 0 Å². The van der Waals surface area contributed by atoms with Gasteiger partial charge in [-0.15, -0.1) is 0 Å². The van der Waals surface area contributed by atoms with Gasteiger partial charge < -0.3 is 9.90 Å². The predicted molar refractivity (Wildman–Crippen MR) is 50.8 cm³/mol. The number of rotatable bonds is 2. The van der Waals surface area contributed by atoms with E-state index in [4.69, 9.17) is 0 Å². The van der Waals surface area contributed by atoms with E-state index < -0.39 is 5.97 Å². The summed E-state index contributed by atoms with van der Waals surface area (Å²) in [7, 11) is 1.69. The van der Waals surface area contributed by atoms with Gasteiger partial charge in [0.05, 0.1) is 5.97 Å². The van der Waals surface area contributed by atoms with Crippen molar-refractivity contribution >= 4 is 5.97 Å². The number of carboxylic acids is 1. The van der Waals surface area contributed by atoms with Gasteiger partial charge in [-0.1, -0.05) is 4.68 Å². The Balaban J connectivity index is 2.63. The third kappa shape index (κ3) is 1.85. The first kappa shape index (κ1) is 10.2. The fraction of sp³-hybridized carbons (Fsp3) is 0.100. The average molecular weight is 216 g/mol. The van der Waals surface area contributed by atoms with Gasteiger partial charge in [-0.3, -0.25) is 0 Å². The summed E-state index contributed by atoms with van der Waals surface area (Å²) in [5, 5.41) is 14.9. The molecule has 80 valence electrons. The zero-order chi connectivity index (χ0) is 11.5. The van der Waals surface area contributed by atoms with Crippen LogP contribution in [0.4, 0.5) is 0 Å². The Morgan fingerprint density at radius 1 is 1.38 bits per heavy atom. The second-order valence-electron chi connectivity index (χ2n) is 3.11. The summed E-state index contributed by atoms with van der Waals surface area (Å²) in [6.07, 6.45) is 4.57. The Morgan fingerprint density at radius 2 is 2.06 bits per heavy atom. The normalized spacial score (nSPS) is 10.1. The molecular weight excluding hydrogens is 208 g/mol. The van der Waals surface area contributed by atoms with Crippen molar-refractivity contribution in [2.24, 2.45) is 7.05 Å². The molecule has 0 saturated heterocycles. The molecule has 2 rings (SSSR count). The van der Waals surface area contributed by atoms with Gasteiger partial charge in [-0.25, -0.2) is 9.97 Å². The van der Waals surface area contributed by atoms with Crippen molar-refractivity contribution < 1.29 is 14.6 Å². The molecule has 0 spiro atoms. The molecule has 2 aromatic heterocycles. The van der Waals surface area contributed by atoms with Gasteiger partial charge in [-0.05, 0) is 6.07 Å². The number of hydrogen-bond acceptors (Lipinski definition) is 5. The fourth-order valence-electron chi connectivity index (χ4n) is 1.26.